The summed E-state index contributed by atoms with van der Waals surface area (Å²) in [5.41, 5.74) is -0.413. The summed E-state index contributed by atoms with van der Waals surface area (Å²) >= 11 is 6.02. The van der Waals surface area contributed by atoms with E-state index in [1.165, 1.54) is 34.4 Å². The molecular weight excluding hydrogens is 394 g/mol. The minimum Gasteiger partial charge on any atom is -0.351 e. The summed E-state index contributed by atoms with van der Waals surface area (Å²) in [5, 5.41) is 11.1. The van der Waals surface area contributed by atoms with E-state index in [9.17, 15) is 9.59 Å². The van der Waals surface area contributed by atoms with Gasteiger partial charge in [0.1, 0.15) is 0 Å². The van der Waals surface area contributed by atoms with Gasteiger partial charge in [0, 0.05) is 10.3 Å². The number of carbonyl (C=O) groups is 2. The number of hydrogen-bond acceptors (Lipinski definition) is 8. The molecule has 2 heterocycles. The van der Waals surface area contributed by atoms with Crippen LogP contribution in [0.4, 0.5) is 0 Å². The molecule has 5 nitrogen and oxygen atoms in total. The maximum absolute atomic E-state index is 12.3. The number of thioether (sulfide) groups is 2. The first-order valence-corrected chi connectivity index (χ1v) is 11.4. The monoisotopic (exact) mass is 415 g/mol. The van der Waals surface area contributed by atoms with Crippen LogP contribution >= 0.6 is 46.2 Å². The predicted octanol–water partition coefficient (Wildman–Crippen LogP) is 4.35. The zero-order valence-electron chi connectivity index (χ0n) is 14.6. The van der Waals surface area contributed by atoms with E-state index in [1.54, 1.807) is 11.8 Å². The number of carbonyl (C=O) groups excluding carboxylic acids is 2. The van der Waals surface area contributed by atoms with Crippen LogP contribution in [-0.2, 0) is 11.3 Å². The zero-order valence-corrected chi connectivity index (χ0v) is 17.9. The fourth-order valence-corrected chi connectivity index (χ4v) is 5.47. The van der Waals surface area contributed by atoms with E-state index in [2.05, 4.69) is 22.4 Å². The summed E-state index contributed by atoms with van der Waals surface area (Å²) in [7, 11) is 0. The van der Waals surface area contributed by atoms with Crippen molar-refractivity contribution in [3.63, 3.8) is 0 Å². The average molecular weight is 416 g/mol. The summed E-state index contributed by atoms with van der Waals surface area (Å²) < 4.78 is 1.75. The lowest BCUT2D eigenvalue weighted by Gasteiger charge is -2.17. The van der Waals surface area contributed by atoms with Gasteiger partial charge in [0.25, 0.3) is 0 Å². The fourth-order valence-electron chi connectivity index (χ4n) is 1.69. The molecule has 0 aromatic carbocycles. The van der Waals surface area contributed by atoms with Gasteiger partial charge in [-0.05, 0) is 17.9 Å². The molecular formula is C16H21N3O2S4. The number of nitrogens with one attached hydrogen (secondary N) is 1. The maximum atomic E-state index is 12.3. The molecule has 0 aliphatic rings. The standard InChI is InChI=1S/C16H21N3O2S4/c1-5-22-14-18-19-15(25-14)23-9-11(20)12-7-6-10(24-12)8-17-13(21)16(2,3)4/h6-7H,5,8-9H2,1-4H3,(H,17,21). The second-order valence-corrected chi connectivity index (χ2v) is 11.1. The Morgan fingerprint density at radius 1 is 1.12 bits per heavy atom. The topological polar surface area (TPSA) is 72.0 Å². The van der Waals surface area contributed by atoms with Gasteiger partial charge in [-0.25, -0.2) is 0 Å². The molecule has 0 radical (unpaired) electrons. The van der Waals surface area contributed by atoms with Crippen LogP contribution < -0.4 is 5.32 Å². The number of aromatic nitrogens is 2. The van der Waals surface area contributed by atoms with E-state index in [0.717, 1.165) is 19.3 Å². The minimum absolute atomic E-state index is 0.00125. The van der Waals surface area contributed by atoms with Crippen LogP contribution in [-0.4, -0.2) is 33.4 Å². The summed E-state index contributed by atoms with van der Waals surface area (Å²) in [4.78, 5) is 25.9. The molecule has 2 aromatic heterocycles. The van der Waals surface area contributed by atoms with Crippen molar-refractivity contribution in [2.24, 2.45) is 5.41 Å². The lowest BCUT2D eigenvalue weighted by molar-refractivity contribution is -0.128. The van der Waals surface area contributed by atoms with Crippen molar-refractivity contribution in [1.29, 1.82) is 0 Å². The van der Waals surface area contributed by atoms with Crippen molar-refractivity contribution in [1.82, 2.24) is 15.5 Å². The number of Topliss-reactive ketones (excluding diaryl/α,β-unsaturated/α-hetero) is 1. The first kappa shape index (κ1) is 20.4. The first-order chi connectivity index (χ1) is 11.8. The van der Waals surface area contributed by atoms with Crippen LogP contribution in [0.3, 0.4) is 0 Å². The van der Waals surface area contributed by atoms with E-state index in [1.807, 2.05) is 32.9 Å². The van der Waals surface area contributed by atoms with Crippen LogP contribution in [0.25, 0.3) is 0 Å². The highest BCUT2D eigenvalue weighted by molar-refractivity contribution is 8.03. The average Bonchev–Trinajstić information content (AvgIpc) is 3.19. The number of ketones is 1. The Balaban J connectivity index is 1.84. The van der Waals surface area contributed by atoms with Gasteiger partial charge in [-0.2, -0.15) is 0 Å². The Morgan fingerprint density at radius 2 is 1.80 bits per heavy atom. The van der Waals surface area contributed by atoms with Crippen LogP contribution in [0.2, 0.25) is 0 Å². The SMILES string of the molecule is CCSc1nnc(SCC(=O)c2ccc(CNC(=O)C(C)(C)C)s2)s1. The molecule has 0 saturated carbocycles. The van der Waals surface area contributed by atoms with Gasteiger partial charge >= 0.3 is 0 Å². The molecule has 1 N–H and O–H groups in total. The Hall–Kier alpha value is -0.900. The number of thiophene rings is 1. The van der Waals surface area contributed by atoms with E-state index in [-0.39, 0.29) is 11.7 Å². The van der Waals surface area contributed by atoms with Gasteiger partial charge in [0.05, 0.1) is 17.2 Å². The first-order valence-electron chi connectivity index (χ1n) is 7.79. The summed E-state index contributed by atoms with van der Waals surface area (Å²) in [6, 6.07) is 3.72. The van der Waals surface area contributed by atoms with E-state index >= 15 is 0 Å². The lowest BCUT2D eigenvalue weighted by Crippen LogP contribution is -2.34. The van der Waals surface area contributed by atoms with Gasteiger partial charge in [0.15, 0.2) is 14.5 Å². The van der Waals surface area contributed by atoms with Crippen molar-refractivity contribution in [3.8, 4) is 0 Å². The highest BCUT2D eigenvalue weighted by Crippen LogP contribution is 2.29. The Kier molecular flexibility index (Phi) is 7.48. The highest BCUT2D eigenvalue weighted by Gasteiger charge is 2.21. The van der Waals surface area contributed by atoms with Crippen molar-refractivity contribution < 1.29 is 9.59 Å². The largest absolute Gasteiger partial charge is 0.351 e. The molecule has 0 unspecified atom stereocenters. The third kappa shape index (κ3) is 6.40. The Bertz CT molecular complexity index is 734. The van der Waals surface area contributed by atoms with Gasteiger partial charge in [-0.1, -0.05) is 62.6 Å². The van der Waals surface area contributed by atoms with Gasteiger partial charge in [0.2, 0.25) is 5.91 Å². The Labute approximate surface area is 164 Å². The molecule has 0 spiro atoms. The lowest BCUT2D eigenvalue weighted by atomic mass is 9.96. The quantitative estimate of drug-likeness (QED) is 0.510. The minimum atomic E-state index is -0.413. The molecule has 1 amide bonds. The molecule has 25 heavy (non-hydrogen) atoms. The molecule has 2 aromatic rings. The normalized spacial score (nSPS) is 11.5. The number of rotatable bonds is 8. The number of nitrogens with zero attached hydrogens (tertiary/aromatic N) is 2. The molecule has 2 rings (SSSR count). The summed E-state index contributed by atoms with van der Waals surface area (Å²) in [6.07, 6.45) is 0. The van der Waals surface area contributed by atoms with E-state index in [0.29, 0.717) is 17.2 Å². The van der Waals surface area contributed by atoms with E-state index < -0.39 is 5.41 Å². The van der Waals surface area contributed by atoms with Crippen molar-refractivity contribution in [3.05, 3.63) is 21.9 Å². The van der Waals surface area contributed by atoms with Gasteiger partial charge < -0.3 is 5.32 Å². The second-order valence-electron chi connectivity index (χ2n) is 6.18. The second kappa shape index (κ2) is 9.16. The maximum Gasteiger partial charge on any atom is 0.225 e. The number of amides is 1. The van der Waals surface area contributed by atoms with Crippen molar-refractivity contribution in [2.45, 2.75) is 42.9 Å². The molecule has 0 bridgehead atoms. The number of hydrogen-bond donors (Lipinski definition) is 1. The smallest absolute Gasteiger partial charge is 0.225 e. The van der Waals surface area contributed by atoms with Crippen molar-refractivity contribution in [2.75, 3.05) is 11.5 Å². The highest BCUT2D eigenvalue weighted by atomic mass is 32.2. The van der Waals surface area contributed by atoms with E-state index in [4.69, 9.17) is 0 Å². The molecule has 0 aliphatic heterocycles. The van der Waals surface area contributed by atoms with Gasteiger partial charge in [-0.15, -0.1) is 21.5 Å². The molecule has 9 heteroatoms. The van der Waals surface area contributed by atoms with Crippen LogP contribution in [0.15, 0.2) is 20.8 Å². The molecule has 0 atom stereocenters. The molecule has 0 aliphatic carbocycles. The molecule has 0 saturated heterocycles. The zero-order chi connectivity index (χ0) is 18.4. The Morgan fingerprint density at radius 3 is 2.44 bits per heavy atom. The van der Waals surface area contributed by atoms with Gasteiger partial charge in [-0.3, -0.25) is 9.59 Å². The third-order valence-corrected chi connectivity index (χ3v) is 7.22. The summed E-state index contributed by atoms with van der Waals surface area (Å²) in [5.74, 6) is 1.38. The van der Waals surface area contributed by atoms with Crippen LogP contribution in [0.5, 0.6) is 0 Å². The molecule has 136 valence electrons. The van der Waals surface area contributed by atoms with Crippen LogP contribution in [0, 0.1) is 5.41 Å². The molecule has 0 fully saturated rings. The predicted molar refractivity (Wildman–Crippen MR) is 107 cm³/mol. The summed E-state index contributed by atoms with van der Waals surface area (Å²) in [6.45, 7) is 8.15. The fraction of sp³-hybridized carbons (Fsp3) is 0.500. The third-order valence-electron chi connectivity index (χ3n) is 3.02. The van der Waals surface area contributed by atoms with Crippen molar-refractivity contribution >= 4 is 57.9 Å². The van der Waals surface area contributed by atoms with Crippen LogP contribution in [0.1, 0.15) is 42.2 Å².